The fourth-order valence-electron chi connectivity index (χ4n) is 5.75. The van der Waals surface area contributed by atoms with Crippen LogP contribution in [0.15, 0.2) is 24.3 Å². The monoisotopic (exact) mass is 503 g/mol. The molecule has 0 spiro atoms. The molecule has 1 amide bonds. The highest BCUT2D eigenvalue weighted by molar-refractivity contribution is 7.18. The van der Waals surface area contributed by atoms with Crippen LogP contribution in [0.5, 0.6) is 5.75 Å². The van der Waals surface area contributed by atoms with Crippen LogP contribution in [-0.2, 0) is 13.6 Å². The number of thiophene rings is 1. The van der Waals surface area contributed by atoms with E-state index in [1.54, 1.807) is 7.11 Å². The highest BCUT2D eigenvalue weighted by atomic mass is 32.1. The number of fused-ring (bicyclic) bond motifs is 2. The predicted molar refractivity (Wildman–Crippen MR) is 144 cm³/mol. The molecule has 2 aliphatic carbocycles. The summed E-state index contributed by atoms with van der Waals surface area (Å²) in [4.78, 5) is 23.2. The summed E-state index contributed by atoms with van der Waals surface area (Å²) in [5.74, 6) is 3.13. The van der Waals surface area contributed by atoms with Crippen LogP contribution in [-0.4, -0.2) is 51.2 Å². The van der Waals surface area contributed by atoms with E-state index in [-0.39, 0.29) is 11.9 Å². The SMILES string of the molecule is COc1cc(C(=O)N2CCC[C@@H](N)C2)cc2nc(-c3cc4cc(C5CC5)sc4n3CC3CC3)n(C)c12. The average Bonchev–Trinajstić information content (AvgIpc) is 3.79. The third-order valence-electron chi connectivity index (χ3n) is 8.08. The van der Waals surface area contributed by atoms with Gasteiger partial charge in [0.25, 0.3) is 5.91 Å². The Hall–Kier alpha value is -2.84. The first-order chi connectivity index (χ1) is 17.5. The maximum absolute atomic E-state index is 13.4. The molecule has 188 valence electrons. The molecule has 7 nitrogen and oxygen atoms in total. The van der Waals surface area contributed by atoms with Gasteiger partial charge < -0.3 is 24.5 Å². The van der Waals surface area contributed by atoms with Crippen molar-refractivity contribution < 1.29 is 9.53 Å². The van der Waals surface area contributed by atoms with E-state index in [0.29, 0.717) is 17.9 Å². The summed E-state index contributed by atoms with van der Waals surface area (Å²) < 4.78 is 10.4. The first-order valence-electron chi connectivity index (χ1n) is 13.2. The molecule has 1 atom stereocenters. The van der Waals surface area contributed by atoms with Gasteiger partial charge in [-0.3, -0.25) is 4.79 Å². The normalized spacial score (nSPS) is 20.5. The summed E-state index contributed by atoms with van der Waals surface area (Å²) in [6, 6.07) is 8.54. The number of imidazole rings is 1. The molecule has 7 rings (SSSR count). The summed E-state index contributed by atoms with van der Waals surface area (Å²) >= 11 is 1.96. The van der Waals surface area contributed by atoms with Crippen molar-refractivity contribution in [3.63, 3.8) is 0 Å². The summed E-state index contributed by atoms with van der Waals surface area (Å²) in [6.45, 7) is 2.39. The minimum Gasteiger partial charge on any atom is -0.494 e. The lowest BCUT2D eigenvalue weighted by Crippen LogP contribution is -2.45. The summed E-state index contributed by atoms with van der Waals surface area (Å²) in [5, 5.41) is 1.33. The van der Waals surface area contributed by atoms with E-state index in [1.807, 2.05) is 28.4 Å². The Kier molecular flexibility index (Phi) is 5.19. The molecule has 1 aliphatic heterocycles. The van der Waals surface area contributed by atoms with E-state index in [0.717, 1.165) is 60.3 Å². The van der Waals surface area contributed by atoms with Crippen LogP contribution in [0.1, 0.15) is 59.7 Å². The Morgan fingerprint density at radius 2 is 2.00 bits per heavy atom. The number of rotatable bonds is 6. The second kappa shape index (κ2) is 8.35. The molecule has 3 aromatic heterocycles. The molecule has 4 aromatic rings. The standard InChI is InChI=1S/C28H33N5O2S/c1-31-25-21(10-18(12-23(25)35-2)27(34)32-9-3-4-20(29)15-32)30-26(31)22-11-19-13-24(17-7-8-17)36-28(19)33(22)14-16-5-6-16/h10-13,16-17,20H,3-9,14-15,29H2,1-2H3/t20-/m1/s1. The molecule has 0 unspecified atom stereocenters. The smallest absolute Gasteiger partial charge is 0.254 e. The number of aromatic nitrogens is 3. The maximum Gasteiger partial charge on any atom is 0.254 e. The number of hydrogen-bond donors (Lipinski definition) is 1. The van der Waals surface area contributed by atoms with Crippen molar-refractivity contribution in [1.82, 2.24) is 19.0 Å². The van der Waals surface area contributed by atoms with Gasteiger partial charge in [0.2, 0.25) is 0 Å². The van der Waals surface area contributed by atoms with Gasteiger partial charge in [0.05, 0.1) is 18.3 Å². The van der Waals surface area contributed by atoms with E-state index in [1.165, 1.54) is 40.8 Å². The first kappa shape index (κ1) is 22.4. The fourth-order valence-corrected chi connectivity index (χ4v) is 7.08. The number of likely N-dealkylation sites (tertiary alicyclic amines) is 1. The molecule has 2 saturated carbocycles. The Labute approximate surface area is 214 Å². The van der Waals surface area contributed by atoms with Crippen LogP contribution in [0.25, 0.3) is 32.8 Å². The largest absolute Gasteiger partial charge is 0.494 e. The lowest BCUT2D eigenvalue weighted by atomic mass is 10.0. The van der Waals surface area contributed by atoms with Crippen molar-refractivity contribution in [2.75, 3.05) is 20.2 Å². The van der Waals surface area contributed by atoms with Gasteiger partial charge in [0, 0.05) is 48.6 Å². The highest BCUT2D eigenvalue weighted by Crippen LogP contribution is 2.47. The molecular weight excluding hydrogens is 470 g/mol. The van der Waals surface area contributed by atoms with E-state index in [9.17, 15) is 4.79 Å². The number of piperidine rings is 1. The lowest BCUT2D eigenvalue weighted by molar-refractivity contribution is 0.0708. The molecule has 0 radical (unpaired) electrons. The van der Waals surface area contributed by atoms with Crippen LogP contribution < -0.4 is 10.5 Å². The number of benzene rings is 1. The summed E-state index contributed by atoms with van der Waals surface area (Å²) in [5.41, 5.74) is 9.62. The van der Waals surface area contributed by atoms with Gasteiger partial charge in [-0.2, -0.15) is 0 Å². The third kappa shape index (κ3) is 3.73. The number of methoxy groups -OCH3 is 1. The van der Waals surface area contributed by atoms with Crippen molar-refractivity contribution in [2.45, 2.75) is 57.0 Å². The number of nitrogens with two attached hydrogens (primary N) is 1. The van der Waals surface area contributed by atoms with Gasteiger partial charge in [-0.25, -0.2) is 4.98 Å². The van der Waals surface area contributed by atoms with Gasteiger partial charge in [-0.1, -0.05) is 0 Å². The van der Waals surface area contributed by atoms with E-state index >= 15 is 0 Å². The topological polar surface area (TPSA) is 78.3 Å². The molecule has 8 heteroatoms. The predicted octanol–water partition coefficient (Wildman–Crippen LogP) is 5.12. The number of amides is 1. The van der Waals surface area contributed by atoms with Crippen molar-refractivity contribution in [2.24, 2.45) is 18.7 Å². The summed E-state index contributed by atoms with van der Waals surface area (Å²) in [6.07, 6.45) is 7.18. The Morgan fingerprint density at radius 3 is 2.72 bits per heavy atom. The Morgan fingerprint density at radius 1 is 1.17 bits per heavy atom. The number of carbonyl (C=O) groups is 1. The van der Waals surface area contributed by atoms with Crippen LogP contribution in [0, 0.1) is 5.92 Å². The maximum atomic E-state index is 13.4. The van der Waals surface area contributed by atoms with Gasteiger partial charge in [0.15, 0.2) is 5.82 Å². The lowest BCUT2D eigenvalue weighted by Gasteiger charge is -2.30. The van der Waals surface area contributed by atoms with Gasteiger partial charge in [-0.15, -0.1) is 11.3 Å². The van der Waals surface area contributed by atoms with Gasteiger partial charge in [-0.05, 0) is 74.6 Å². The quantitative estimate of drug-likeness (QED) is 0.396. The summed E-state index contributed by atoms with van der Waals surface area (Å²) in [7, 11) is 3.72. The molecule has 2 N–H and O–H groups in total. The van der Waals surface area contributed by atoms with Gasteiger partial charge in [0.1, 0.15) is 16.1 Å². The number of nitrogens with zero attached hydrogens (tertiary/aromatic N) is 4. The van der Waals surface area contributed by atoms with E-state index in [4.69, 9.17) is 15.5 Å². The highest BCUT2D eigenvalue weighted by Gasteiger charge is 2.30. The zero-order chi connectivity index (χ0) is 24.6. The first-order valence-corrected chi connectivity index (χ1v) is 14.0. The van der Waals surface area contributed by atoms with Gasteiger partial charge >= 0.3 is 0 Å². The Balaban J connectivity index is 1.33. The van der Waals surface area contributed by atoms with Crippen molar-refractivity contribution in [1.29, 1.82) is 0 Å². The molecule has 1 saturated heterocycles. The van der Waals surface area contributed by atoms with Crippen molar-refractivity contribution in [3.05, 3.63) is 34.7 Å². The van der Waals surface area contributed by atoms with Crippen LogP contribution in [0.3, 0.4) is 0 Å². The fraction of sp³-hybridized carbons (Fsp3) is 0.500. The van der Waals surface area contributed by atoms with Crippen LogP contribution >= 0.6 is 11.3 Å². The molecule has 3 aliphatic rings. The van der Waals surface area contributed by atoms with Crippen LogP contribution in [0.2, 0.25) is 0 Å². The molecule has 3 fully saturated rings. The van der Waals surface area contributed by atoms with Crippen LogP contribution in [0.4, 0.5) is 0 Å². The molecule has 0 bridgehead atoms. The minimum atomic E-state index is 0.00257. The zero-order valence-corrected chi connectivity index (χ0v) is 21.8. The minimum absolute atomic E-state index is 0.00257. The number of ether oxygens (including phenoxy) is 1. The van der Waals surface area contributed by atoms with Crippen molar-refractivity contribution in [3.8, 4) is 17.3 Å². The Bertz CT molecular complexity index is 1490. The average molecular weight is 504 g/mol. The third-order valence-corrected chi connectivity index (χ3v) is 9.42. The number of aryl methyl sites for hydroxylation is 1. The molecule has 36 heavy (non-hydrogen) atoms. The van der Waals surface area contributed by atoms with Crippen molar-refractivity contribution >= 4 is 38.5 Å². The molecular formula is C28H33N5O2S. The zero-order valence-electron chi connectivity index (χ0n) is 21.0. The molecule has 1 aromatic carbocycles. The van der Waals surface area contributed by atoms with E-state index in [2.05, 4.69) is 28.3 Å². The second-order valence-electron chi connectivity index (χ2n) is 11.0. The second-order valence-corrected chi connectivity index (χ2v) is 12.0. The molecule has 4 heterocycles. The van der Waals surface area contributed by atoms with E-state index < -0.39 is 0 Å². The number of carbonyl (C=O) groups excluding carboxylic acids is 1. The number of hydrogen-bond acceptors (Lipinski definition) is 5.